The van der Waals surface area contributed by atoms with Crippen molar-refractivity contribution in [1.82, 2.24) is 10.1 Å². The first kappa shape index (κ1) is 16.7. The van der Waals surface area contributed by atoms with E-state index in [9.17, 15) is 13.2 Å². The van der Waals surface area contributed by atoms with Gasteiger partial charge < -0.3 is 9.42 Å². The van der Waals surface area contributed by atoms with Gasteiger partial charge in [0.05, 0.1) is 5.75 Å². The van der Waals surface area contributed by atoms with Crippen LogP contribution in [0.15, 0.2) is 40.9 Å². The molecule has 0 N–H and O–H groups in total. The van der Waals surface area contributed by atoms with E-state index in [4.69, 9.17) is 4.52 Å². The molecule has 2 aromatic rings. The largest absolute Gasteiger partial charge is 0.350 e. The molecular weight excluding hydrogens is 328 g/mol. The van der Waals surface area contributed by atoms with Crippen LogP contribution in [-0.2, 0) is 9.84 Å². The Kier molecular flexibility index (Phi) is 4.45. The lowest BCUT2D eigenvalue weighted by molar-refractivity contribution is 0.0650. The highest BCUT2D eigenvalue weighted by Crippen LogP contribution is 2.31. The SMILES string of the molecule is CC(CS(C)(=O)=O)N(C(=O)c1cc(-c2ccccc2)no1)C1CC1. The van der Waals surface area contributed by atoms with E-state index in [0.29, 0.717) is 5.69 Å². The molecule has 1 aliphatic rings. The molecule has 0 spiro atoms. The van der Waals surface area contributed by atoms with Crippen molar-refractivity contribution in [3.63, 3.8) is 0 Å². The predicted molar refractivity (Wildman–Crippen MR) is 90.3 cm³/mol. The summed E-state index contributed by atoms with van der Waals surface area (Å²) < 4.78 is 28.4. The monoisotopic (exact) mass is 348 g/mol. The van der Waals surface area contributed by atoms with E-state index in [1.54, 1.807) is 17.9 Å². The molecule has 1 fully saturated rings. The normalized spacial score (nSPS) is 15.9. The summed E-state index contributed by atoms with van der Waals surface area (Å²) in [5, 5.41) is 3.96. The lowest BCUT2D eigenvalue weighted by atomic mass is 10.1. The van der Waals surface area contributed by atoms with Crippen LogP contribution in [0.5, 0.6) is 0 Å². The van der Waals surface area contributed by atoms with Crippen molar-refractivity contribution in [2.24, 2.45) is 0 Å². The third-order valence-electron chi connectivity index (χ3n) is 3.98. The van der Waals surface area contributed by atoms with Gasteiger partial charge in [0.15, 0.2) is 0 Å². The number of rotatable bonds is 6. The van der Waals surface area contributed by atoms with Gasteiger partial charge in [-0.3, -0.25) is 4.79 Å². The fraction of sp³-hybridized carbons (Fsp3) is 0.412. The van der Waals surface area contributed by atoms with Gasteiger partial charge in [-0.1, -0.05) is 35.5 Å². The van der Waals surface area contributed by atoms with Crippen molar-refractivity contribution >= 4 is 15.7 Å². The Morgan fingerprint density at radius 1 is 1.33 bits per heavy atom. The van der Waals surface area contributed by atoms with Crippen molar-refractivity contribution in [3.8, 4) is 11.3 Å². The van der Waals surface area contributed by atoms with Crippen molar-refractivity contribution in [1.29, 1.82) is 0 Å². The van der Waals surface area contributed by atoms with Crippen molar-refractivity contribution < 1.29 is 17.7 Å². The van der Waals surface area contributed by atoms with E-state index in [1.165, 1.54) is 6.26 Å². The van der Waals surface area contributed by atoms with Crippen LogP contribution in [0, 0.1) is 0 Å². The second kappa shape index (κ2) is 6.39. The van der Waals surface area contributed by atoms with Gasteiger partial charge >= 0.3 is 0 Å². The summed E-state index contributed by atoms with van der Waals surface area (Å²) in [4.78, 5) is 14.4. The standard InChI is InChI=1S/C17H20N2O4S/c1-12(11-24(2,21)22)19(14-8-9-14)17(20)16-10-15(18-23-16)13-6-4-3-5-7-13/h3-7,10,12,14H,8-9,11H2,1-2H3. The molecule has 6 nitrogen and oxygen atoms in total. The minimum atomic E-state index is -3.17. The van der Waals surface area contributed by atoms with E-state index < -0.39 is 15.9 Å². The Bertz CT molecular complexity index is 825. The van der Waals surface area contributed by atoms with E-state index in [0.717, 1.165) is 18.4 Å². The van der Waals surface area contributed by atoms with Gasteiger partial charge in [-0.05, 0) is 19.8 Å². The van der Waals surface area contributed by atoms with Crippen LogP contribution in [0.2, 0.25) is 0 Å². The number of nitrogens with zero attached hydrogens (tertiary/aromatic N) is 2. The molecule has 0 saturated heterocycles. The fourth-order valence-corrected chi connectivity index (χ4v) is 3.88. The highest BCUT2D eigenvalue weighted by Gasteiger charge is 2.38. The number of carbonyl (C=O) groups excluding carboxylic acids is 1. The number of aromatic nitrogens is 1. The maximum atomic E-state index is 12.8. The van der Waals surface area contributed by atoms with Gasteiger partial charge in [0.2, 0.25) is 5.76 Å². The Labute approximate surface area is 141 Å². The van der Waals surface area contributed by atoms with Crippen LogP contribution < -0.4 is 0 Å². The second-order valence-corrected chi connectivity index (χ2v) is 8.51. The molecule has 1 heterocycles. The molecule has 1 aromatic carbocycles. The van der Waals surface area contributed by atoms with Gasteiger partial charge in [0, 0.05) is 30.0 Å². The minimum Gasteiger partial charge on any atom is -0.350 e. The van der Waals surface area contributed by atoms with Crippen LogP contribution in [0.4, 0.5) is 0 Å². The molecule has 3 rings (SSSR count). The highest BCUT2D eigenvalue weighted by molar-refractivity contribution is 7.90. The molecule has 128 valence electrons. The molecule has 1 atom stereocenters. The van der Waals surface area contributed by atoms with Gasteiger partial charge in [0.1, 0.15) is 15.5 Å². The first-order chi connectivity index (χ1) is 11.3. The van der Waals surface area contributed by atoms with E-state index >= 15 is 0 Å². The van der Waals surface area contributed by atoms with Crippen LogP contribution in [0.25, 0.3) is 11.3 Å². The summed E-state index contributed by atoms with van der Waals surface area (Å²) in [6, 6.07) is 10.7. The van der Waals surface area contributed by atoms with Crippen LogP contribution in [0.1, 0.15) is 30.3 Å². The highest BCUT2D eigenvalue weighted by atomic mass is 32.2. The minimum absolute atomic E-state index is 0.0606. The first-order valence-electron chi connectivity index (χ1n) is 7.87. The van der Waals surface area contributed by atoms with Gasteiger partial charge in [-0.15, -0.1) is 0 Å². The van der Waals surface area contributed by atoms with Crippen LogP contribution in [0.3, 0.4) is 0 Å². The maximum absolute atomic E-state index is 12.8. The molecule has 1 amide bonds. The Hall–Kier alpha value is -2.15. The van der Waals surface area contributed by atoms with E-state index in [2.05, 4.69) is 5.16 Å². The zero-order chi connectivity index (χ0) is 17.3. The zero-order valence-corrected chi connectivity index (χ0v) is 14.5. The molecule has 0 radical (unpaired) electrons. The molecule has 24 heavy (non-hydrogen) atoms. The summed E-state index contributed by atoms with van der Waals surface area (Å²) in [5.74, 6) is -0.223. The van der Waals surface area contributed by atoms with Crippen molar-refractivity contribution in [3.05, 3.63) is 42.2 Å². The number of hydrogen-bond donors (Lipinski definition) is 0. The molecule has 0 aliphatic heterocycles. The summed E-state index contributed by atoms with van der Waals surface area (Å²) in [6.07, 6.45) is 2.96. The average molecular weight is 348 g/mol. The number of carbonyl (C=O) groups is 1. The molecule has 0 bridgehead atoms. The summed E-state index contributed by atoms with van der Waals surface area (Å²) in [5.41, 5.74) is 1.45. The summed E-state index contributed by atoms with van der Waals surface area (Å²) in [6.45, 7) is 1.76. The smallest absolute Gasteiger partial charge is 0.293 e. The van der Waals surface area contributed by atoms with E-state index in [-0.39, 0.29) is 23.5 Å². The molecule has 7 heteroatoms. The van der Waals surface area contributed by atoms with Crippen molar-refractivity contribution in [2.75, 3.05) is 12.0 Å². The second-order valence-electron chi connectivity index (χ2n) is 6.33. The van der Waals surface area contributed by atoms with E-state index in [1.807, 2.05) is 30.3 Å². The lowest BCUT2D eigenvalue weighted by Crippen LogP contribution is -2.43. The maximum Gasteiger partial charge on any atom is 0.293 e. The Morgan fingerprint density at radius 2 is 2.00 bits per heavy atom. The number of benzene rings is 1. The topological polar surface area (TPSA) is 80.5 Å². The molecule has 1 saturated carbocycles. The van der Waals surface area contributed by atoms with Crippen LogP contribution in [-0.4, -0.2) is 48.5 Å². The predicted octanol–water partition coefficient (Wildman–Crippen LogP) is 2.38. The van der Waals surface area contributed by atoms with Gasteiger partial charge in [-0.25, -0.2) is 8.42 Å². The average Bonchev–Trinajstić information content (AvgIpc) is 3.21. The Morgan fingerprint density at radius 3 is 2.58 bits per heavy atom. The third kappa shape index (κ3) is 3.84. The number of sulfone groups is 1. The molecule has 1 unspecified atom stereocenters. The molecule has 1 aliphatic carbocycles. The molecular formula is C17H20N2O4S. The van der Waals surface area contributed by atoms with Crippen molar-refractivity contribution in [2.45, 2.75) is 31.8 Å². The fourth-order valence-electron chi connectivity index (χ4n) is 2.85. The lowest BCUT2D eigenvalue weighted by Gasteiger charge is -2.27. The quantitative estimate of drug-likeness (QED) is 0.801. The number of hydrogen-bond acceptors (Lipinski definition) is 5. The van der Waals surface area contributed by atoms with Gasteiger partial charge in [-0.2, -0.15) is 0 Å². The summed E-state index contributed by atoms with van der Waals surface area (Å²) >= 11 is 0. The summed E-state index contributed by atoms with van der Waals surface area (Å²) in [7, 11) is -3.17. The molecule has 1 aromatic heterocycles. The number of amides is 1. The zero-order valence-electron chi connectivity index (χ0n) is 13.7. The Balaban J connectivity index is 1.82. The first-order valence-corrected chi connectivity index (χ1v) is 9.94. The van der Waals surface area contributed by atoms with Crippen LogP contribution >= 0.6 is 0 Å². The van der Waals surface area contributed by atoms with Gasteiger partial charge in [0.25, 0.3) is 5.91 Å². The third-order valence-corrected chi connectivity index (χ3v) is 5.07.